The Morgan fingerprint density at radius 1 is 0.659 bits per heavy atom. The molecule has 4 N–H and O–H groups in total. The monoisotopic (exact) mass is 609 g/mol. The van der Waals surface area contributed by atoms with Crippen LogP contribution in [0.3, 0.4) is 0 Å². The van der Waals surface area contributed by atoms with Gasteiger partial charge < -0.3 is 25.2 Å². The van der Waals surface area contributed by atoms with Crippen LogP contribution in [0.15, 0.2) is 0 Å². The lowest BCUT2D eigenvalue weighted by Gasteiger charge is -2.20. The molecule has 0 rings (SSSR count). The topological polar surface area (TPSA) is 172 Å². The van der Waals surface area contributed by atoms with Crippen molar-refractivity contribution in [3.05, 3.63) is 0 Å². The maximum Gasteiger partial charge on any atom is 0.472 e. The van der Waals surface area contributed by atoms with E-state index in [1.54, 1.807) is 6.92 Å². The van der Waals surface area contributed by atoms with Gasteiger partial charge in [0.15, 0.2) is 6.10 Å². The van der Waals surface area contributed by atoms with E-state index >= 15 is 0 Å². The number of unbranched alkanes of at least 4 members (excludes halogenated alkanes) is 15. The zero-order chi connectivity index (χ0) is 30.8. The van der Waals surface area contributed by atoms with E-state index in [0.29, 0.717) is 12.8 Å². The van der Waals surface area contributed by atoms with Crippen LogP contribution >= 0.6 is 7.82 Å². The minimum atomic E-state index is -4.67. The van der Waals surface area contributed by atoms with Crippen LogP contribution in [0.5, 0.6) is 0 Å². The molecule has 0 fully saturated rings. The number of aliphatic carboxylic acids is 1. The first-order chi connectivity index (χ1) is 19.6. The van der Waals surface area contributed by atoms with E-state index in [0.717, 1.165) is 19.3 Å². The Kier molecular flexibility index (Phi) is 25.2. The number of phosphoric ester groups is 1. The predicted octanol–water partition coefficient (Wildman–Crippen LogP) is 6.44. The van der Waals surface area contributed by atoms with Crippen LogP contribution in [-0.4, -0.2) is 59.9 Å². The molecule has 0 heterocycles. The normalized spacial score (nSPS) is 14.2. The van der Waals surface area contributed by atoms with Crippen LogP contribution in [0.4, 0.5) is 0 Å². The Labute approximate surface area is 246 Å². The number of hydrogen-bond acceptors (Lipinski definition) is 9. The van der Waals surface area contributed by atoms with Crippen molar-refractivity contribution in [2.24, 2.45) is 5.73 Å². The van der Waals surface area contributed by atoms with Gasteiger partial charge in [-0.2, -0.15) is 0 Å². The van der Waals surface area contributed by atoms with Crippen molar-refractivity contribution in [3.63, 3.8) is 0 Å². The third-order valence-electron chi connectivity index (χ3n) is 6.57. The summed E-state index contributed by atoms with van der Waals surface area (Å²) < 4.78 is 31.7. The molecule has 0 saturated carbocycles. The van der Waals surface area contributed by atoms with Gasteiger partial charge in [0.25, 0.3) is 0 Å². The zero-order valence-electron chi connectivity index (χ0n) is 25.4. The summed E-state index contributed by atoms with van der Waals surface area (Å²) in [5, 5.41) is 8.73. The molecule has 0 saturated heterocycles. The van der Waals surface area contributed by atoms with Crippen molar-refractivity contribution in [1.29, 1.82) is 0 Å². The van der Waals surface area contributed by atoms with Gasteiger partial charge in [-0.05, 0) is 12.8 Å². The van der Waals surface area contributed by atoms with Crippen molar-refractivity contribution in [2.75, 3.05) is 19.8 Å². The summed E-state index contributed by atoms with van der Waals surface area (Å²) in [6, 6.07) is -1.51. The quantitative estimate of drug-likeness (QED) is 0.0484. The lowest BCUT2D eigenvalue weighted by Crippen LogP contribution is -2.34. The number of carbonyl (C=O) groups excluding carboxylic acids is 2. The number of carboxylic acids is 1. The molecule has 0 amide bonds. The van der Waals surface area contributed by atoms with E-state index in [1.165, 1.54) is 77.0 Å². The van der Waals surface area contributed by atoms with Gasteiger partial charge in [0.05, 0.1) is 13.2 Å². The molecule has 0 bridgehead atoms. The molecule has 0 aromatic rings. The van der Waals surface area contributed by atoms with Crippen molar-refractivity contribution < 1.29 is 47.5 Å². The lowest BCUT2D eigenvalue weighted by atomic mass is 10.0. The van der Waals surface area contributed by atoms with Gasteiger partial charge in [-0.15, -0.1) is 0 Å². The van der Waals surface area contributed by atoms with Crippen LogP contribution in [0.2, 0.25) is 0 Å². The fraction of sp³-hybridized carbons (Fsp3) is 0.897. The SMILES string of the molecule is CCCCCCCCCCCCCCCCCCC(=O)OC[C@H](COP(=O)(O)OC[C@H](N)C(=O)O)OC(=O)CCC. The molecular formula is C29H56NO10P. The van der Waals surface area contributed by atoms with Crippen molar-refractivity contribution in [3.8, 4) is 0 Å². The summed E-state index contributed by atoms with van der Waals surface area (Å²) in [6.07, 6.45) is 19.6. The van der Waals surface area contributed by atoms with E-state index < -0.39 is 51.1 Å². The number of esters is 2. The molecule has 0 radical (unpaired) electrons. The summed E-state index contributed by atoms with van der Waals surface area (Å²) in [5.74, 6) is -2.44. The van der Waals surface area contributed by atoms with Crippen LogP contribution < -0.4 is 5.73 Å². The van der Waals surface area contributed by atoms with Gasteiger partial charge in [-0.3, -0.25) is 23.4 Å². The molecule has 0 aliphatic rings. The molecule has 0 aromatic carbocycles. The highest BCUT2D eigenvalue weighted by Gasteiger charge is 2.28. The summed E-state index contributed by atoms with van der Waals surface area (Å²) in [4.78, 5) is 44.5. The fourth-order valence-corrected chi connectivity index (χ4v) is 4.88. The van der Waals surface area contributed by atoms with Crippen LogP contribution in [0, 0.1) is 0 Å². The second-order valence-electron chi connectivity index (χ2n) is 10.6. The first kappa shape index (κ1) is 39.5. The molecular weight excluding hydrogens is 553 g/mol. The second-order valence-corrected chi connectivity index (χ2v) is 12.1. The zero-order valence-corrected chi connectivity index (χ0v) is 26.3. The third kappa shape index (κ3) is 25.9. The molecule has 11 nitrogen and oxygen atoms in total. The van der Waals surface area contributed by atoms with E-state index in [1.807, 2.05) is 0 Å². The lowest BCUT2D eigenvalue weighted by molar-refractivity contribution is -0.161. The summed E-state index contributed by atoms with van der Waals surface area (Å²) >= 11 is 0. The standard InChI is InChI=1S/C29H56NO10P/c1-3-5-6-7-8-9-10-11-12-13-14-15-16-17-18-19-21-27(31)37-22-25(40-28(32)20-4-2)23-38-41(35,36)39-24-26(30)29(33)34/h25-26H,3-24,30H2,1-2H3,(H,33,34)(H,35,36)/t25-,26+/m1/s1. The summed E-state index contributed by atoms with van der Waals surface area (Å²) in [5.41, 5.74) is 5.24. The number of nitrogens with two attached hydrogens (primary N) is 1. The minimum absolute atomic E-state index is 0.115. The van der Waals surface area contributed by atoms with E-state index in [9.17, 15) is 23.8 Å². The van der Waals surface area contributed by atoms with E-state index in [-0.39, 0.29) is 19.4 Å². The molecule has 0 aliphatic heterocycles. The number of rotatable bonds is 29. The third-order valence-corrected chi connectivity index (χ3v) is 7.53. The highest BCUT2D eigenvalue weighted by Crippen LogP contribution is 2.43. The molecule has 3 atom stereocenters. The average molecular weight is 610 g/mol. The first-order valence-electron chi connectivity index (χ1n) is 15.6. The van der Waals surface area contributed by atoms with E-state index in [2.05, 4.69) is 11.4 Å². The maximum absolute atomic E-state index is 12.1. The van der Waals surface area contributed by atoms with Gasteiger partial charge in [-0.25, -0.2) is 4.57 Å². The molecule has 41 heavy (non-hydrogen) atoms. The maximum atomic E-state index is 12.1. The largest absolute Gasteiger partial charge is 0.480 e. The Bertz CT molecular complexity index is 736. The molecule has 1 unspecified atom stereocenters. The molecule has 0 aromatic heterocycles. The van der Waals surface area contributed by atoms with Crippen molar-refractivity contribution in [2.45, 2.75) is 148 Å². The van der Waals surface area contributed by atoms with Gasteiger partial charge >= 0.3 is 25.7 Å². The minimum Gasteiger partial charge on any atom is -0.480 e. The Morgan fingerprint density at radius 2 is 1.12 bits per heavy atom. The van der Waals surface area contributed by atoms with Gasteiger partial charge in [0.2, 0.25) is 0 Å². The van der Waals surface area contributed by atoms with Crippen LogP contribution in [0.1, 0.15) is 136 Å². The average Bonchev–Trinajstić information content (AvgIpc) is 2.93. The van der Waals surface area contributed by atoms with Gasteiger partial charge in [-0.1, -0.05) is 110 Å². The van der Waals surface area contributed by atoms with E-state index in [4.69, 9.17) is 24.8 Å². The Balaban J connectivity index is 4.03. The number of carboxylic acid groups (broad SMARTS) is 1. The number of carbonyl (C=O) groups is 3. The number of hydrogen-bond donors (Lipinski definition) is 3. The Morgan fingerprint density at radius 3 is 1.59 bits per heavy atom. The predicted molar refractivity (Wildman–Crippen MR) is 157 cm³/mol. The summed E-state index contributed by atoms with van der Waals surface area (Å²) in [7, 11) is -4.67. The van der Waals surface area contributed by atoms with Crippen LogP contribution in [0.25, 0.3) is 0 Å². The Hall–Kier alpha value is -1.52. The number of ether oxygens (including phenoxy) is 2. The second kappa shape index (κ2) is 26.1. The van der Waals surface area contributed by atoms with Gasteiger partial charge in [0, 0.05) is 12.8 Å². The fourth-order valence-electron chi connectivity index (χ4n) is 4.10. The van der Waals surface area contributed by atoms with Crippen molar-refractivity contribution >= 4 is 25.7 Å². The first-order valence-corrected chi connectivity index (χ1v) is 17.1. The molecule has 0 aliphatic carbocycles. The number of phosphoric acid groups is 1. The molecule has 12 heteroatoms. The highest BCUT2D eigenvalue weighted by atomic mass is 31.2. The molecule has 242 valence electrons. The highest BCUT2D eigenvalue weighted by molar-refractivity contribution is 7.47. The van der Waals surface area contributed by atoms with Crippen LogP contribution in [-0.2, 0) is 37.5 Å². The van der Waals surface area contributed by atoms with Gasteiger partial charge in [0.1, 0.15) is 12.6 Å². The summed E-state index contributed by atoms with van der Waals surface area (Å²) in [6.45, 7) is 2.35. The van der Waals surface area contributed by atoms with Crippen molar-refractivity contribution in [1.82, 2.24) is 0 Å². The smallest absolute Gasteiger partial charge is 0.472 e. The molecule has 0 spiro atoms.